The SMILES string of the molecule is CCCCNC(=O)C(CC)N(Cc1ccccc1C)C(=O)CN(c1ccc(Oc2ccccc2)cc1)S(=O)(=O)c1ccc(C)cc1. The highest BCUT2D eigenvalue weighted by Crippen LogP contribution is 2.29. The predicted molar refractivity (Wildman–Crippen MR) is 182 cm³/mol. The first kappa shape index (κ1) is 34.2. The molecule has 0 radical (unpaired) electrons. The Balaban J connectivity index is 1.72. The van der Waals surface area contributed by atoms with Crippen molar-refractivity contribution in [3.05, 3.63) is 120 Å². The largest absolute Gasteiger partial charge is 0.457 e. The third-order valence-electron chi connectivity index (χ3n) is 7.81. The molecule has 1 atom stereocenters. The fourth-order valence-corrected chi connectivity index (χ4v) is 6.48. The van der Waals surface area contributed by atoms with E-state index in [9.17, 15) is 18.0 Å². The lowest BCUT2D eigenvalue weighted by Crippen LogP contribution is -2.52. The highest BCUT2D eigenvalue weighted by atomic mass is 32.2. The van der Waals surface area contributed by atoms with Gasteiger partial charge in [0.1, 0.15) is 24.1 Å². The van der Waals surface area contributed by atoms with Crippen LogP contribution in [0.1, 0.15) is 49.8 Å². The van der Waals surface area contributed by atoms with Gasteiger partial charge in [0.05, 0.1) is 10.6 Å². The van der Waals surface area contributed by atoms with Crippen molar-refractivity contribution in [1.82, 2.24) is 10.2 Å². The molecule has 4 aromatic rings. The average Bonchev–Trinajstić information content (AvgIpc) is 3.05. The van der Waals surface area contributed by atoms with E-state index in [1.807, 2.05) is 82.3 Å². The molecule has 0 spiro atoms. The van der Waals surface area contributed by atoms with Gasteiger partial charge in [-0.05, 0) is 86.3 Å². The van der Waals surface area contributed by atoms with Gasteiger partial charge in [0.2, 0.25) is 11.8 Å². The first-order valence-electron chi connectivity index (χ1n) is 15.7. The van der Waals surface area contributed by atoms with Gasteiger partial charge in [0, 0.05) is 13.1 Å². The van der Waals surface area contributed by atoms with Crippen LogP contribution in [0.15, 0.2) is 108 Å². The van der Waals surface area contributed by atoms with E-state index in [1.165, 1.54) is 17.0 Å². The second-order valence-corrected chi connectivity index (χ2v) is 13.1. The Labute approximate surface area is 273 Å². The summed E-state index contributed by atoms with van der Waals surface area (Å²) >= 11 is 0. The quantitative estimate of drug-likeness (QED) is 0.141. The number of anilines is 1. The zero-order valence-corrected chi connectivity index (χ0v) is 27.8. The van der Waals surface area contributed by atoms with E-state index in [1.54, 1.807) is 36.4 Å². The molecule has 0 aliphatic rings. The summed E-state index contributed by atoms with van der Waals surface area (Å²) in [4.78, 5) is 29.3. The minimum atomic E-state index is -4.18. The van der Waals surface area contributed by atoms with Crippen molar-refractivity contribution in [3.8, 4) is 11.5 Å². The summed E-state index contributed by atoms with van der Waals surface area (Å²) in [7, 11) is -4.18. The maximum Gasteiger partial charge on any atom is 0.264 e. The van der Waals surface area contributed by atoms with Crippen LogP contribution >= 0.6 is 0 Å². The Kier molecular flexibility index (Phi) is 12.0. The average molecular weight is 642 g/mol. The Morgan fingerprint density at radius 3 is 2.07 bits per heavy atom. The predicted octanol–water partition coefficient (Wildman–Crippen LogP) is 7.01. The molecule has 4 rings (SSSR count). The number of benzene rings is 4. The highest BCUT2D eigenvalue weighted by Gasteiger charge is 2.33. The third-order valence-corrected chi connectivity index (χ3v) is 9.60. The van der Waals surface area contributed by atoms with Crippen LogP contribution in [0.3, 0.4) is 0 Å². The van der Waals surface area contributed by atoms with E-state index < -0.39 is 28.5 Å². The lowest BCUT2D eigenvalue weighted by Gasteiger charge is -2.33. The van der Waals surface area contributed by atoms with Crippen molar-refractivity contribution in [3.63, 3.8) is 0 Å². The van der Waals surface area contributed by atoms with Gasteiger partial charge in [0.25, 0.3) is 10.0 Å². The number of para-hydroxylation sites is 1. The normalized spacial score (nSPS) is 11.8. The van der Waals surface area contributed by atoms with Gasteiger partial charge in [-0.2, -0.15) is 0 Å². The number of nitrogens with one attached hydrogen (secondary N) is 1. The van der Waals surface area contributed by atoms with Gasteiger partial charge in [0.15, 0.2) is 0 Å². The smallest absolute Gasteiger partial charge is 0.264 e. The molecule has 0 bridgehead atoms. The number of hydrogen-bond donors (Lipinski definition) is 1. The zero-order chi connectivity index (χ0) is 33.1. The van der Waals surface area contributed by atoms with Crippen LogP contribution in [-0.2, 0) is 26.2 Å². The van der Waals surface area contributed by atoms with Crippen LogP contribution in [0.2, 0.25) is 0 Å². The standard InChI is InChI=1S/C37H43N3O5S/c1-5-7-25-38-37(42)35(6-2)39(26-30-14-12-11-13-29(30)4)36(41)27-40(46(43,44)34-23-17-28(3)18-24-34)31-19-21-33(22-20-31)45-32-15-9-8-10-16-32/h8-24,35H,5-7,25-27H2,1-4H3,(H,38,42). The number of sulfonamides is 1. The Hall–Kier alpha value is -4.63. The molecule has 0 aliphatic carbocycles. The highest BCUT2D eigenvalue weighted by molar-refractivity contribution is 7.92. The van der Waals surface area contributed by atoms with Crippen molar-refractivity contribution in [1.29, 1.82) is 0 Å². The summed E-state index contributed by atoms with van der Waals surface area (Å²) in [6, 6.07) is 29.3. The van der Waals surface area contributed by atoms with Gasteiger partial charge >= 0.3 is 0 Å². The molecule has 1 N–H and O–H groups in total. The number of unbranched alkanes of at least 4 members (excludes halogenated alkanes) is 1. The number of amides is 2. The maximum absolute atomic E-state index is 14.3. The van der Waals surface area contributed by atoms with Crippen molar-refractivity contribution < 1.29 is 22.7 Å². The number of aryl methyl sites for hydroxylation is 2. The number of ether oxygens (including phenoxy) is 1. The Bertz CT molecular complexity index is 1690. The Morgan fingerprint density at radius 1 is 0.804 bits per heavy atom. The summed E-state index contributed by atoms with van der Waals surface area (Å²) < 4.78 is 35.4. The third kappa shape index (κ3) is 8.75. The minimum absolute atomic E-state index is 0.0605. The molecule has 0 heterocycles. The maximum atomic E-state index is 14.3. The van der Waals surface area contributed by atoms with Gasteiger partial charge in [-0.1, -0.05) is 80.4 Å². The molecular formula is C37H43N3O5S. The van der Waals surface area contributed by atoms with E-state index in [0.717, 1.165) is 33.8 Å². The van der Waals surface area contributed by atoms with Gasteiger partial charge in [-0.3, -0.25) is 13.9 Å². The van der Waals surface area contributed by atoms with E-state index in [-0.39, 0.29) is 17.3 Å². The molecule has 4 aromatic carbocycles. The monoisotopic (exact) mass is 641 g/mol. The van der Waals surface area contributed by atoms with Crippen molar-refractivity contribution in [2.45, 2.75) is 64.4 Å². The van der Waals surface area contributed by atoms with Crippen molar-refractivity contribution in [2.24, 2.45) is 0 Å². The van der Waals surface area contributed by atoms with Crippen LogP contribution in [0, 0.1) is 13.8 Å². The summed E-state index contributed by atoms with van der Waals surface area (Å²) in [6.07, 6.45) is 2.11. The topological polar surface area (TPSA) is 96.0 Å². The van der Waals surface area contributed by atoms with Gasteiger partial charge in [-0.15, -0.1) is 0 Å². The van der Waals surface area contributed by atoms with Crippen LogP contribution in [0.4, 0.5) is 5.69 Å². The molecule has 242 valence electrons. The van der Waals surface area contributed by atoms with E-state index in [2.05, 4.69) is 5.32 Å². The molecule has 0 saturated carbocycles. The lowest BCUT2D eigenvalue weighted by molar-refractivity contribution is -0.140. The molecule has 0 saturated heterocycles. The molecule has 2 amide bonds. The van der Waals surface area contributed by atoms with Gasteiger partial charge < -0.3 is 15.0 Å². The number of carbonyl (C=O) groups is 2. The van der Waals surface area contributed by atoms with Crippen LogP contribution in [0.25, 0.3) is 0 Å². The van der Waals surface area contributed by atoms with Crippen LogP contribution < -0.4 is 14.4 Å². The first-order valence-corrected chi connectivity index (χ1v) is 17.1. The molecule has 0 fully saturated rings. The molecule has 0 aliphatic heterocycles. The molecule has 1 unspecified atom stereocenters. The summed E-state index contributed by atoms with van der Waals surface area (Å²) in [5, 5.41) is 2.96. The van der Waals surface area contributed by atoms with Gasteiger partial charge in [-0.25, -0.2) is 8.42 Å². The van der Waals surface area contributed by atoms with Crippen LogP contribution in [0.5, 0.6) is 11.5 Å². The van der Waals surface area contributed by atoms with E-state index >= 15 is 0 Å². The van der Waals surface area contributed by atoms with E-state index in [0.29, 0.717) is 30.2 Å². The second-order valence-electron chi connectivity index (χ2n) is 11.3. The number of carbonyl (C=O) groups excluding carboxylic acids is 2. The number of nitrogens with zero attached hydrogens (tertiary/aromatic N) is 2. The number of hydrogen-bond acceptors (Lipinski definition) is 5. The summed E-state index contributed by atoms with van der Waals surface area (Å²) in [5.41, 5.74) is 3.06. The zero-order valence-electron chi connectivity index (χ0n) is 27.0. The molecule has 8 nitrogen and oxygen atoms in total. The molecule has 46 heavy (non-hydrogen) atoms. The van der Waals surface area contributed by atoms with Crippen LogP contribution in [-0.4, -0.2) is 44.3 Å². The van der Waals surface area contributed by atoms with Crippen molar-refractivity contribution >= 4 is 27.5 Å². The van der Waals surface area contributed by atoms with Crippen molar-refractivity contribution in [2.75, 3.05) is 17.4 Å². The van der Waals surface area contributed by atoms with E-state index in [4.69, 9.17) is 4.74 Å². The molecule has 9 heteroatoms. The fraction of sp³-hybridized carbons (Fsp3) is 0.297. The second kappa shape index (κ2) is 16.1. The minimum Gasteiger partial charge on any atom is -0.457 e. The molecule has 0 aromatic heterocycles. The Morgan fingerprint density at radius 2 is 1.43 bits per heavy atom. The summed E-state index contributed by atoms with van der Waals surface area (Å²) in [6.45, 7) is 7.89. The number of rotatable bonds is 15. The lowest BCUT2D eigenvalue weighted by atomic mass is 10.1. The fourth-order valence-electron chi connectivity index (χ4n) is 5.07. The molecular weight excluding hydrogens is 598 g/mol. The summed E-state index contributed by atoms with van der Waals surface area (Å²) in [5.74, 6) is 0.420. The first-order chi connectivity index (χ1) is 22.1.